The van der Waals surface area contributed by atoms with Gasteiger partial charge in [0.2, 0.25) is 0 Å². The van der Waals surface area contributed by atoms with Crippen LogP contribution in [0, 0.1) is 0 Å². The molecule has 0 aromatic rings. The summed E-state index contributed by atoms with van der Waals surface area (Å²) < 4.78 is 5.76. The van der Waals surface area contributed by atoms with E-state index in [0.717, 1.165) is 26.3 Å². The van der Waals surface area contributed by atoms with Gasteiger partial charge in [-0.25, -0.2) is 0 Å². The summed E-state index contributed by atoms with van der Waals surface area (Å²) in [6.45, 7) is 12.5. The second kappa shape index (κ2) is 11.5. The third-order valence-electron chi connectivity index (χ3n) is 4.09. The number of nitrogens with zero attached hydrogens (tertiary/aromatic N) is 1. The fourth-order valence-electron chi connectivity index (χ4n) is 3.09. The van der Waals surface area contributed by atoms with Crippen LogP contribution in [0.4, 0.5) is 0 Å². The molecular formula is C20H35NO. The van der Waals surface area contributed by atoms with Crippen LogP contribution in [0.2, 0.25) is 0 Å². The van der Waals surface area contributed by atoms with Gasteiger partial charge in [0.1, 0.15) is 0 Å². The first-order chi connectivity index (χ1) is 10.8. The van der Waals surface area contributed by atoms with Gasteiger partial charge in [-0.2, -0.15) is 0 Å². The Labute approximate surface area is 137 Å². The molecule has 0 spiro atoms. The lowest BCUT2D eigenvalue weighted by Gasteiger charge is -2.24. The van der Waals surface area contributed by atoms with Crippen LogP contribution >= 0.6 is 0 Å². The fraction of sp³-hybridized carbons (Fsp3) is 0.700. The number of allylic oxidation sites excluding steroid dienone is 3. The topological polar surface area (TPSA) is 12.5 Å². The molecule has 0 radical (unpaired) electrons. The lowest BCUT2D eigenvalue weighted by Crippen LogP contribution is -2.21. The molecule has 1 aliphatic rings. The van der Waals surface area contributed by atoms with Gasteiger partial charge in [0.25, 0.3) is 0 Å². The smallest absolute Gasteiger partial charge is 0.0736 e. The highest BCUT2D eigenvalue weighted by atomic mass is 16.5. The Balaban J connectivity index is 2.99. The molecule has 0 heterocycles. The minimum atomic E-state index is 0.720. The standard InChI is InChI=1S/C20H35NO/c1-5-14-21(15-6-2)16-19(17-22-8-4)20(7-3)18-12-10-9-11-13-18/h7,12,16H,5-6,8-11,13-15,17H2,1-4H3/b19-16+,20-7+. The van der Waals surface area contributed by atoms with E-state index in [1.54, 1.807) is 0 Å². The van der Waals surface area contributed by atoms with Crippen molar-refractivity contribution in [1.82, 2.24) is 4.90 Å². The Morgan fingerprint density at radius 3 is 2.41 bits per heavy atom. The molecular weight excluding hydrogens is 270 g/mol. The first-order valence-corrected chi connectivity index (χ1v) is 9.15. The van der Waals surface area contributed by atoms with E-state index in [1.165, 1.54) is 55.2 Å². The number of hydrogen-bond acceptors (Lipinski definition) is 2. The maximum atomic E-state index is 5.76. The molecule has 0 unspecified atom stereocenters. The molecule has 126 valence electrons. The zero-order valence-electron chi connectivity index (χ0n) is 15.2. The summed E-state index contributed by atoms with van der Waals surface area (Å²) in [4.78, 5) is 2.46. The third kappa shape index (κ3) is 6.39. The molecule has 0 amide bonds. The normalized spacial score (nSPS) is 16.6. The highest BCUT2D eigenvalue weighted by Gasteiger charge is 2.14. The molecule has 2 nitrogen and oxygen atoms in total. The summed E-state index contributed by atoms with van der Waals surface area (Å²) >= 11 is 0. The highest BCUT2D eigenvalue weighted by molar-refractivity contribution is 5.47. The monoisotopic (exact) mass is 305 g/mol. The summed E-state index contributed by atoms with van der Waals surface area (Å²) in [7, 11) is 0. The Hall–Kier alpha value is -1.02. The first-order valence-electron chi connectivity index (χ1n) is 9.15. The predicted molar refractivity (Wildman–Crippen MR) is 97.0 cm³/mol. The maximum Gasteiger partial charge on any atom is 0.0736 e. The van der Waals surface area contributed by atoms with E-state index in [-0.39, 0.29) is 0 Å². The second-order valence-corrected chi connectivity index (χ2v) is 6.00. The van der Waals surface area contributed by atoms with E-state index in [0.29, 0.717) is 0 Å². The predicted octanol–water partition coefficient (Wildman–Crippen LogP) is 5.48. The van der Waals surface area contributed by atoms with Crippen molar-refractivity contribution in [3.8, 4) is 0 Å². The van der Waals surface area contributed by atoms with Crippen LogP contribution in [0.3, 0.4) is 0 Å². The van der Waals surface area contributed by atoms with Crippen molar-refractivity contribution in [1.29, 1.82) is 0 Å². The Kier molecular flexibility index (Phi) is 9.98. The van der Waals surface area contributed by atoms with E-state index in [2.05, 4.69) is 50.9 Å². The summed E-state index contributed by atoms with van der Waals surface area (Å²) in [5.74, 6) is 0. The minimum Gasteiger partial charge on any atom is -0.377 e. The van der Waals surface area contributed by atoms with Crippen LogP contribution < -0.4 is 0 Å². The number of rotatable bonds is 10. The van der Waals surface area contributed by atoms with Crippen molar-refractivity contribution < 1.29 is 4.74 Å². The summed E-state index contributed by atoms with van der Waals surface area (Å²) in [5.41, 5.74) is 4.28. The van der Waals surface area contributed by atoms with Crippen molar-refractivity contribution in [2.24, 2.45) is 0 Å². The average molecular weight is 306 g/mol. The first kappa shape index (κ1) is 19.0. The molecule has 1 rings (SSSR count). The van der Waals surface area contributed by atoms with Crippen molar-refractivity contribution >= 4 is 0 Å². The molecule has 0 aromatic heterocycles. The van der Waals surface area contributed by atoms with Crippen LogP contribution in [0.25, 0.3) is 0 Å². The van der Waals surface area contributed by atoms with Crippen molar-refractivity contribution in [2.75, 3.05) is 26.3 Å². The molecule has 2 heteroatoms. The van der Waals surface area contributed by atoms with Crippen molar-refractivity contribution in [2.45, 2.75) is 66.2 Å². The molecule has 0 bridgehead atoms. The second-order valence-electron chi connectivity index (χ2n) is 6.00. The summed E-state index contributed by atoms with van der Waals surface area (Å²) in [6, 6.07) is 0. The van der Waals surface area contributed by atoms with Crippen LogP contribution in [0.1, 0.15) is 66.2 Å². The van der Waals surface area contributed by atoms with Crippen LogP contribution in [-0.2, 0) is 4.74 Å². The molecule has 0 N–H and O–H groups in total. The van der Waals surface area contributed by atoms with Crippen molar-refractivity contribution in [3.05, 3.63) is 35.1 Å². The zero-order chi connectivity index (χ0) is 16.2. The van der Waals surface area contributed by atoms with Gasteiger partial charge in [-0.05, 0) is 63.5 Å². The minimum absolute atomic E-state index is 0.720. The Bertz CT molecular complexity index is 387. The molecule has 1 aliphatic carbocycles. The van der Waals surface area contributed by atoms with E-state index >= 15 is 0 Å². The van der Waals surface area contributed by atoms with Gasteiger partial charge in [-0.15, -0.1) is 0 Å². The molecule has 22 heavy (non-hydrogen) atoms. The summed E-state index contributed by atoms with van der Waals surface area (Å²) in [6.07, 6.45) is 14.5. The molecule has 0 atom stereocenters. The highest BCUT2D eigenvalue weighted by Crippen LogP contribution is 2.29. The van der Waals surface area contributed by atoms with Gasteiger partial charge in [-0.3, -0.25) is 0 Å². The molecule has 0 saturated heterocycles. The number of hydrogen-bond donors (Lipinski definition) is 0. The molecule has 0 saturated carbocycles. The van der Waals surface area contributed by atoms with E-state index in [4.69, 9.17) is 4.74 Å². The van der Waals surface area contributed by atoms with Crippen LogP contribution in [-0.4, -0.2) is 31.2 Å². The largest absolute Gasteiger partial charge is 0.377 e. The van der Waals surface area contributed by atoms with Crippen molar-refractivity contribution in [3.63, 3.8) is 0 Å². The van der Waals surface area contributed by atoms with E-state index in [1.807, 2.05) is 0 Å². The van der Waals surface area contributed by atoms with Gasteiger partial charge in [-0.1, -0.05) is 26.0 Å². The molecule has 0 aliphatic heterocycles. The lowest BCUT2D eigenvalue weighted by molar-refractivity contribution is 0.170. The third-order valence-corrected chi connectivity index (χ3v) is 4.09. The lowest BCUT2D eigenvalue weighted by atomic mass is 9.89. The molecule has 0 fully saturated rings. The van der Waals surface area contributed by atoms with Gasteiger partial charge >= 0.3 is 0 Å². The van der Waals surface area contributed by atoms with Crippen LogP contribution in [0.15, 0.2) is 35.1 Å². The number of ether oxygens (including phenoxy) is 1. The molecule has 0 aromatic carbocycles. The quantitative estimate of drug-likeness (QED) is 0.496. The van der Waals surface area contributed by atoms with Gasteiger partial charge < -0.3 is 9.64 Å². The van der Waals surface area contributed by atoms with E-state index < -0.39 is 0 Å². The zero-order valence-corrected chi connectivity index (χ0v) is 15.2. The SMILES string of the molecule is C/C=C(C1=CCCCC1)/C(=C/N(CCC)CCC)COCC. The summed E-state index contributed by atoms with van der Waals surface area (Å²) in [5, 5.41) is 0. The Morgan fingerprint density at radius 1 is 1.18 bits per heavy atom. The van der Waals surface area contributed by atoms with Crippen LogP contribution in [0.5, 0.6) is 0 Å². The maximum absolute atomic E-state index is 5.76. The van der Waals surface area contributed by atoms with Gasteiger partial charge in [0.05, 0.1) is 6.61 Å². The van der Waals surface area contributed by atoms with E-state index in [9.17, 15) is 0 Å². The fourth-order valence-corrected chi connectivity index (χ4v) is 3.09. The van der Waals surface area contributed by atoms with Gasteiger partial charge in [0, 0.05) is 31.5 Å². The van der Waals surface area contributed by atoms with Gasteiger partial charge in [0.15, 0.2) is 0 Å². The average Bonchev–Trinajstić information content (AvgIpc) is 2.54. The Morgan fingerprint density at radius 2 is 1.91 bits per heavy atom.